The molecule has 0 bridgehead atoms. The number of carbonyl (C=O) groups excluding carboxylic acids is 1. The summed E-state index contributed by atoms with van der Waals surface area (Å²) in [4.78, 5) is 21.7. The normalized spacial score (nSPS) is 13.8. The van der Waals surface area contributed by atoms with Crippen LogP contribution in [-0.4, -0.2) is 23.5 Å². The second-order valence-corrected chi connectivity index (χ2v) is 3.97. The fourth-order valence-electron chi connectivity index (χ4n) is 1.54. The van der Waals surface area contributed by atoms with E-state index >= 15 is 0 Å². The lowest BCUT2D eigenvalue weighted by Gasteiger charge is -2.21. The Morgan fingerprint density at radius 2 is 2.12 bits per heavy atom. The first-order valence-corrected chi connectivity index (χ1v) is 4.98. The molecule has 0 aliphatic rings. The number of carbonyl (C=O) groups is 1. The number of nitrogens with zero attached hydrogens (tertiary/aromatic N) is 1. The Morgan fingerprint density at radius 1 is 1.53 bits per heavy atom. The highest BCUT2D eigenvalue weighted by atomic mass is 16.6. The van der Waals surface area contributed by atoms with Gasteiger partial charge < -0.3 is 10.5 Å². The van der Waals surface area contributed by atoms with Gasteiger partial charge in [0.15, 0.2) is 0 Å². The number of nitro groups is 1. The van der Waals surface area contributed by atoms with Crippen LogP contribution in [0.25, 0.3) is 0 Å². The van der Waals surface area contributed by atoms with Crippen LogP contribution in [0.2, 0.25) is 0 Å². The molecule has 0 saturated carbocycles. The standard InChI is InChI=1S/C11H14N2O4/c1-11(12,10(14)17-2)7-8-5-3-4-6-9(8)13(15)16/h3-6H,7,12H2,1-2H3. The zero-order chi connectivity index (χ0) is 13.1. The molecule has 0 amide bonds. The molecule has 0 aliphatic carbocycles. The van der Waals surface area contributed by atoms with Crippen LogP contribution in [0.1, 0.15) is 12.5 Å². The molecule has 0 saturated heterocycles. The number of nitrogens with two attached hydrogens (primary N) is 1. The number of hydrogen-bond donors (Lipinski definition) is 1. The fourth-order valence-corrected chi connectivity index (χ4v) is 1.54. The molecule has 1 aromatic carbocycles. The van der Waals surface area contributed by atoms with E-state index in [0.717, 1.165) is 0 Å². The van der Waals surface area contributed by atoms with Crippen molar-refractivity contribution >= 4 is 11.7 Å². The second-order valence-electron chi connectivity index (χ2n) is 3.97. The van der Waals surface area contributed by atoms with Gasteiger partial charge in [-0.25, -0.2) is 0 Å². The first-order chi connectivity index (χ1) is 7.88. The Balaban J connectivity index is 3.03. The van der Waals surface area contributed by atoms with Crippen molar-refractivity contribution in [3.05, 3.63) is 39.9 Å². The summed E-state index contributed by atoms with van der Waals surface area (Å²) in [5.41, 5.74) is 4.86. The number of rotatable bonds is 4. The van der Waals surface area contributed by atoms with E-state index < -0.39 is 16.4 Å². The van der Waals surface area contributed by atoms with Crippen molar-refractivity contribution < 1.29 is 14.5 Å². The number of nitro benzene ring substituents is 1. The topological polar surface area (TPSA) is 95.5 Å². The van der Waals surface area contributed by atoms with E-state index in [1.807, 2.05) is 0 Å². The SMILES string of the molecule is COC(=O)C(C)(N)Cc1ccccc1[N+](=O)[O-]. The van der Waals surface area contributed by atoms with Crippen molar-refractivity contribution in [2.24, 2.45) is 5.73 Å². The summed E-state index contributed by atoms with van der Waals surface area (Å²) < 4.78 is 4.55. The van der Waals surface area contributed by atoms with E-state index in [1.54, 1.807) is 18.2 Å². The number of ether oxygens (including phenoxy) is 1. The predicted molar refractivity (Wildman–Crippen MR) is 61.4 cm³/mol. The van der Waals surface area contributed by atoms with Crippen LogP contribution < -0.4 is 5.73 Å². The Labute approximate surface area is 98.5 Å². The van der Waals surface area contributed by atoms with E-state index in [9.17, 15) is 14.9 Å². The second kappa shape index (κ2) is 4.92. The third-order valence-electron chi connectivity index (χ3n) is 2.40. The average Bonchev–Trinajstić information content (AvgIpc) is 2.27. The maximum absolute atomic E-state index is 11.4. The molecule has 0 aromatic heterocycles. The van der Waals surface area contributed by atoms with Crippen molar-refractivity contribution in [3.8, 4) is 0 Å². The van der Waals surface area contributed by atoms with E-state index in [4.69, 9.17) is 5.73 Å². The molecule has 2 N–H and O–H groups in total. The van der Waals surface area contributed by atoms with Gasteiger partial charge in [-0.05, 0) is 6.92 Å². The quantitative estimate of drug-likeness (QED) is 0.480. The Morgan fingerprint density at radius 3 is 2.65 bits per heavy atom. The summed E-state index contributed by atoms with van der Waals surface area (Å²) >= 11 is 0. The predicted octanol–water partition coefficient (Wildman–Crippen LogP) is 1.03. The molecule has 1 rings (SSSR count). The van der Waals surface area contributed by atoms with Gasteiger partial charge in [0.1, 0.15) is 5.54 Å². The third-order valence-corrected chi connectivity index (χ3v) is 2.40. The third kappa shape index (κ3) is 3.01. The van der Waals surface area contributed by atoms with Gasteiger partial charge in [0.05, 0.1) is 12.0 Å². The highest BCUT2D eigenvalue weighted by molar-refractivity contribution is 5.80. The van der Waals surface area contributed by atoms with Crippen LogP contribution in [0, 0.1) is 10.1 Å². The minimum absolute atomic E-state index is 0.0481. The summed E-state index contributed by atoms with van der Waals surface area (Å²) in [7, 11) is 1.23. The van der Waals surface area contributed by atoms with E-state index in [1.165, 1.54) is 20.1 Å². The van der Waals surface area contributed by atoms with Crippen LogP contribution in [-0.2, 0) is 16.0 Å². The molecule has 0 aliphatic heterocycles. The minimum atomic E-state index is -1.28. The first-order valence-electron chi connectivity index (χ1n) is 4.98. The smallest absolute Gasteiger partial charge is 0.325 e. The lowest BCUT2D eigenvalue weighted by atomic mass is 9.93. The van der Waals surface area contributed by atoms with Gasteiger partial charge in [-0.2, -0.15) is 0 Å². The lowest BCUT2D eigenvalue weighted by Crippen LogP contribution is -2.47. The monoisotopic (exact) mass is 238 g/mol. The van der Waals surface area contributed by atoms with Crippen LogP contribution >= 0.6 is 0 Å². The van der Waals surface area contributed by atoms with Gasteiger partial charge in [0, 0.05) is 18.1 Å². The van der Waals surface area contributed by atoms with Crippen molar-refractivity contribution in [1.29, 1.82) is 0 Å². The maximum atomic E-state index is 11.4. The largest absolute Gasteiger partial charge is 0.468 e. The average molecular weight is 238 g/mol. The van der Waals surface area contributed by atoms with E-state index in [-0.39, 0.29) is 12.1 Å². The lowest BCUT2D eigenvalue weighted by molar-refractivity contribution is -0.385. The fraction of sp³-hybridized carbons (Fsp3) is 0.364. The molecule has 0 heterocycles. The van der Waals surface area contributed by atoms with Crippen molar-refractivity contribution in [2.75, 3.05) is 7.11 Å². The molecule has 0 radical (unpaired) electrons. The van der Waals surface area contributed by atoms with E-state index in [0.29, 0.717) is 5.56 Å². The highest BCUT2D eigenvalue weighted by Crippen LogP contribution is 2.22. The van der Waals surface area contributed by atoms with Gasteiger partial charge in [-0.15, -0.1) is 0 Å². The summed E-state index contributed by atoms with van der Waals surface area (Å²) in [6.45, 7) is 1.48. The van der Waals surface area contributed by atoms with Gasteiger partial charge in [0.25, 0.3) is 5.69 Å². The van der Waals surface area contributed by atoms with Crippen LogP contribution in [0.5, 0.6) is 0 Å². The van der Waals surface area contributed by atoms with Crippen LogP contribution in [0.3, 0.4) is 0 Å². The number of hydrogen-bond acceptors (Lipinski definition) is 5. The zero-order valence-corrected chi connectivity index (χ0v) is 9.67. The van der Waals surface area contributed by atoms with Crippen molar-refractivity contribution in [3.63, 3.8) is 0 Å². The number of methoxy groups -OCH3 is 1. The molecule has 0 fully saturated rings. The number of para-hydroxylation sites is 1. The molecular weight excluding hydrogens is 224 g/mol. The zero-order valence-electron chi connectivity index (χ0n) is 9.67. The molecule has 92 valence electrons. The Hall–Kier alpha value is -1.95. The molecule has 6 nitrogen and oxygen atoms in total. The van der Waals surface area contributed by atoms with Crippen LogP contribution in [0.4, 0.5) is 5.69 Å². The summed E-state index contributed by atoms with van der Waals surface area (Å²) in [6.07, 6.45) is 0.0524. The summed E-state index contributed by atoms with van der Waals surface area (Å²) in [5, 5.41) is 10.8. The Bertz CT molecular complexity index is 443. The summed E-state index contributed by atoms with van der Waals surface area (Å²) in [5.74, 6) is -0.601. The number of esters is 1. The molecule has 0 spiro atoms. The molecule has 1 unspecified atom stereocenters. The molecular formula is C11H14N2O4. The van der Waals surface area contributed by atoms with Crippen LogP contribution in [0.15, 0.2) is 24.3 Å². The highest BCUT2D eigenvalue weighted by Gasteiger charge is 2.32. The van der Waals surface area contributed by atoms with Gasteiger partial charge in [-0.1, -0.05) is 18.2 Å². The van der Waals surface area contributed by atoms with Gasteiger partial charge >= 0.3 is 5.97 Å². The van der Waals surface area contributed by atoms with Gasteiger partial charge in [0.2, 0.25) is 0 Å². The van der Waals surface area contributed by atoms with Crippen molar-refractivity contribution in [2.45, 2.75) is 18.9 Å². The minimum Gasteiger partial charge on any atom is -0.468 e. The molecule has 17 heavy (non-hydrogen) atoms. The maximum Gasteiger partial charge on any atom is 0.325 e. The molecule has 6 heteroatoms. The van der Waals surface area contributed by atoms with E-state index in [2.05, 4.69) is 4.74 Å². The number of benzene rings is 1. The summed E-state index contributed by atoms with van der Waals surface area (Å²) in [6, 6.07) is 6.18. The van der Waals surface area contributed by atoms with Gasteiger partial charge in [-0.3, -0.25) is 14.9 Å². The molecule has 1 atom stereocenters. The first kappa shape index (κ1) is 13.1. The Kier molecular flexibility index (Phi) is 3.80. The van der Waals surface area contributed by atoms with Crippen molar-refractivity contribution in [1.82, 2.24) is 0 Å². The molecule has 1 aromatic rings.